The summed E-state index contributed by atoms with van der Waals surface area (Å²) in [6, 6.07) is 7.10. The molecule has 0 radical (unpaired) electrons. The molecule has 2 N–H and O–H groups in total. The van der Waals surface area contributed by atoms with E-state index in [2.05, 4.69) is 19.2 Å². The maximum absolute atomic E-state index is 12.1. The summed E-state index contributed by atoms with van der Waals surface area (Å²) in [4.78, 5) is 12.1. The second-order valence-corrected chi connectivity index (χ2v) is 6.04. The van der Waals surface area contributed by atoms with Crippen molar-refractivity contribution in [1.82, 2.24) is 5.32 Å². The Bertz CT molecular complexity index is 424. The van der Waals surface area contributed by atoms with Gasteiger partial charge in [0.05, 0.1) is 6.61 Å². The number of aliphatic hydroxyl groups is 1. The van der Waals surface area contributed by atoms with Gasteiger partial charge in [0.15, 0.2) is 0 Å². The topological polar surface area (TPSA) is 58.6 Å². The van der Waals surface area contributed by atoms with Gasteiger partial charge in [-0.15, -0.1) is 0 Å². The number of nitrogens with one attached hydrogen (secondary N) is 1. The normalized spacial score (nSPS) is 11.5. The molecule has 0 bridgehead atoms. The molecule has 1 rings (SSSR count). The molecule has 0 spiro atoms. The fourth-order valence-electron chi connectivity index (χ4n) is 1.69. The summed E-state index contributed by atoms with van der Waals surface area (Å²) >= 11 is 0. The zero-order valence-corrected chi connectivity index (χ0v) is 12.8. The molecule has 0 unspecified atom stereocenters. The number of benzene rings is 1. The quantitative estimate of drug-likeness (QED) is 0.806. The van der Waals surface area contributed by atoms with E-state index in [1.165, 1.54) is 0 Å². The van der Waals surface area contributed by atoms with Crippen LogP contribution in [-0.4, -0.2) is 29.8 Å². The van der Waals surface area contributed by atoms with Gasteiger partial charge in [-0.1, -0.05) is 13.8 Å². The van der Waals surface area contributed by atoms with E-state index in [4.69, 9.17) is 9.84 Å². The molecule has 4 heteroatoms. The Kier molecular flexibility index (Phi) is 6.02. The van der Waals surface area contributed by atoms with Gasteiger partial charge < -0.3 is 15.2 Å². The van der Waals surface area contributed by atoms with Gasteiger partial charge in [-0.05, 0) is 50.5 Å². The first-order valence-corrected chi connectivity index (χ1v) is 7.00. The molecule has 0 saturated heterocycles. The van der Waals surface area contributed by atoms with Crippen LogP contribution in [0, 0.1) is 5.92 Å². The first kappa shape index (κ1) is 16.5. The van der Waals surface area contributed by atoms with Crippen LogP contribution in [0.4, 0.5) is 0 Å². The van der Waals surface area contributed by atoms with Crippen LogP contribution in [-0.2, 0) is 0 Å². The van der Waals surface area contributed by atoms with Gasteiger partial charge in [0.1, 0.15) is 5.75 Å². The van der Waals surface area contributed by atoms with Crippen LogP contribution < -0.4 is 10.1 Å². The number of hydrogen-bond donors (Lipinski definition) is 2. The molecular formula is C16H25NO3. The number of hydrogen-bond acceptors (Lipinski definition) is 3. The van der Waals surface area contributed by atoms with Crippen molar-refractivity contribution in [1.29, 1.82) is 0 Å². The Morgan fingerprint density at radius 1 is 1.30 bits per heavy atom. The van der Waals surface area contributed by atoms with Gasteiger partial charge in [-0.3, -0.25) is 4.79 Å². The SMILES string of the molecule is CC(C)COc1ccc(C(=O)NC(C)(C)CCO)cc1. The summed E-state index contributed by atoms with van der Waals surface area (Å²) in [6.45, 7) is 8.67. The molecular weight excluding hydrogens is 254 g/mol. The number of aliphatic hydroxyl groups excluding tert-OH is 1. The number of ether oxygens (including phenoxy) is 1. The Balaban J connectivity index is 2.61. The third-order valence-corrected chi connectivity index (χ3v) is 2.89. The lowest BCUT2D eigenvalue weighted by Crippen LogP contribution is -2.44. The lowest BCUT2D eigenvalue weighted by Gasteiger charge is -2.25. The highest BCUT2D eigenvalue weighted by Crippen LogP contribution is 2.15. The number of carbonyl (C=O) groups excluding carboxylic acids is 1. The molecule has 1 amide bonds. The molecule has 0 atom stereocenters. The van der Waals surface area contributed by atoms with Gasteiger partial charge in [0.2, 0.25) is 0 Å². The summed E-state index contributed by atoms with van der Waals surface area (Å²) in [7, 11) is 0. The lowest BCUT2D eigenvalue weighted by atomic mass is 10.0. The maximum Gasteiger partial charge on any atom is 0.251 e. The Hall–Kier alpha value is -1.55. The third kappa shape index (κ3) is 5.61. The fourth-order valence-corrected chi connectivity index (χ4v) is 1.69. The fraction of sp³-hybridized carbons (Fsp3) is 0.562. The van der Waals surface area contributed by atoms with Gasteiger partial charge in [0, 0.05) is 17.7 Å². The van der Waals surface area contributed by atoms with E-state index in [1.54, 1.807) is 24.3 Å². The molecule has 0 aliphatic carbocycles. The summed E-state index contributed by atoms with van der Waals surface area (Å²) in [5.74, 6) is 1.10. The Labute approximate surface area is 121 Å². The minimum Gasteiger partial charge on any atom is -0.493 e. The van der Waals surface area contributed by atoms with E-state index in [1.807, 2.05) is 13.8 Å². The van der Waals surface area contributed by atoms with E-state index in [0.29, 0.717) is 24.5 Å². The maximum atomic E-state index is 12.1. The van der Waals surface area contributed by atoms with Crippen molar-refractivity contribution in [2.75, 3.05) is 13.2 Å². The summed E-state index contributed by atoms with van der Waals surface area (Å²) in [5, 5.41) is 11.9. The first-order chi connectivity index (χ1) is 9.34. The second-order valence-electron chi connectivity index (χ2n) is 6.04. The molecule has 1 aromatic carbocycles. The van der Waals surface area contributed by atoms with Crippen molar-refractivity contribution in [2.24, 2.45) is 5.92 Å². The molecule has 0 fully saturated rings. The van der Waals surface area contributed by atoms with Crippen molar-refractivity contribution < 1.29 is 14.6 Å². The number of carbonyl (C=O) groups is 1. The highest BCUT2D eigenvalue weighted by molar-refractivity contribution is 5.94. The van der Waals surface area contributed by atoms with Crippen LogP contribution in [0.5, 0.6) is 5.75 Å². The predicted octanol–water partition coefficient (Wildman–Crippen LogP) is 2.61. The van der Waals surface area contributed by atoms with E-state index in [0.717, 1.165) is 5.75 Å². The van der Waals surface area contributed by atoms with Crippen LogP contribution in [0.15, 0.2) is 24.3 Å². The zero-order chi connectivity index (χ0) is 15.2. The van der Waals surface area contributed by atoms with Gasteiger partial charge in [0.25, 0.3) is 5.91 Å². The van der Waals surface area contributed by atoms with Crippen LogP contribution >= 0.6 is 0 Å². The van der Waals surface area contributed by atoms with Crippen LogP contribution in [0.1, 0.15) is 44.5 Å². The molecule has 0 aliphatic rings. The largest absolute Gasteiger partial charge is 0.493 e. The van der Waals surface area contributed by atoms with Gasteiger partial charge in [-0.2, -0.15) is 0 Å². The highest BCUT2D eigenvalue weighted by Gasteiger charge is 2.20. The Morgan fingerprint density at radius 3 is 2.40 bits per heavy atom. The third-order valence-electron chi connectivity index (χ3n) is 2.89. The summed E-state index contributed by atoms with van der Waals surface area (Å²) < 4.78 is 5.58. The van der Waals surface area contributed by atoms with Gasteiger partial charge >= 0.3 is 0 Å². The first-order valence-electron chi connectivity index (χ1n) is 7.00. The molecule has 4 nitrogen and oxygen atoms in total. The predicted molar refractivity (Wildman–Crippen MR) is 80.0 cm³/mol. The van der Waals surface area contributed by atoms with Crippen LogP contribution in [0.2, 0.25) is 0 Å². The molecule has 112 valence electrons. The second kappa shape index (κ2) is 7.29. The minimum atomic E-state index is -0.418. The molecule has 0 aromatic heterocycles. The number of amides is 1. The minimum absolute atomic E-state index is 0.0509. The molecule has 0 aliphatic heterocycles. The van der Waals surface area contributed by atoms with Crippen molar-refractivity contribution in [3.63, 3.8) is 0 Å². The van der Waals surface area contributed by atoms with Crippen molar-refractivity contribution in [3.05, 3.63) is 29.8 Å². The van der Waals surface area contributed by atoms with Crippen molar-refractivity contribution >= 4 is 5.91 Å². The van der Waals surface area contributed by atoms with Crippen molar-refractivity contribution in [3.8, 4) is 5.75 Å². The van der Waals surface area contributed by atoms with Gasteiger partial charge in [-0.25, -0.2) is 0 Å². The zero-order valence-electron chi connectivity index (χ0n) is 12.8. The monoisotopic (exact) mass is 279 g/mol. The summed E-state index contributed by atoms with van der Waals surface area (Å²) in [5.41, 5.74) is 0.173. The van der Waals surface area contributed by atoms with Crippen molar-refractivity contribution in [2.45, 2.75) is 39.7 Å². The van der Waals surface area contributed by atoms with Crippen LogP contribution in [0.3, 0.4) is 0 Å². The molecule has 0 heterocycles. The van der Waals surface area contributed by atoms with E-state index >= 15 is 0 Å². The molecule has 0 saturated carbocycles. The van der Waals surface area contributed by atoms with E-state index in [9.17, 15) is 4.79 Å². The van der Waals surface area contributed by atoms with E-state index in [-0.39, 0.29) is 12.5 Å². The highest BCUT2D eigenvalue weighted by atomic mass is 16.5. The summed E-state index contributed by atoms with van der Waals surface area (Å²) in [6.07, 6.45) is 0.522. The average Bonchev–Trinajstić information content (AvgIpc) is 2.36. The Morgan fingerprint density at radius 2 is 1.90 bits per heavy atom. The average molecular weight is 279 g/mol. The van der Waals surface area contributed by atoms with Crippen LogP contribution in [0.25, 0.3) is 0 Å². The van der Waals surface area contributed by atoms with E-state index < -0.39 is 5.54 Å². The molecule has 20 heavy (non-hydrogen) atoms. The standard InChI is InChI=1S/C16H25NO3/c1-12(2)11-20-14-7-5-13(6-8-14)15(19)17-16(3,4)9-10-18/h5-8,12,18H,9-11H2,1-4H3,(H,17,19). The smallest absolute Gasteiger partial charge is 0.251 e. The molecule has 1 aromatic rings. The lowest BCUT2D eigenvalue weighted by molar-refractivity contribution is 0.0899. The number of rotatable bonds is 7.